The summed E-state index contributed by atoms with van der Waals surface area (Å²) < 4.78 is 23.5. The van der Waals surface area contributed by atoms with Gasteiger partial charge < -0.3 is 9.05 Å². The second kappa shape index (κ2) is 10.3. The highest BCUT2D eigenvalue weighted by Gasteiger charge is 2.20. The highest BCUT2D eigenvalue weighted by molar-refractivity contribution is 7.57. The van der Waals surface area contributed by atoms with Gasteiger partial charge in [-0.1, -0.05) is 26.7 Å². The number of rotatable bonds is 11. The molecule has 0 bridgehead atoms. The Morgan fingerprint density at radius 1 is 1.09 bits per heavy atom. The quantitative estimate of drug-likeness (QED) is 0.233. The molecule has 1 aromatic carbocycles. The van der Waals surface area contributed by atoms with Crippen LogP contribution < -0.4 is 0 Å². The third-order valence-corrected chi connectivity index (χ3v) is 4.69. The van der Waals surface area contributed by atoms with Crippen LogP contribution in [0.15, 0.2) is 30.1 Å². The molecule has 0 aliphatic rings. The fourth-order valence-corrected chi connectivity index (χ4v) is 3.05. The van der Waals surface area contributed by atoms with Crippen LogP contribution >= 0.6 is 7.60 Å². The number of benzene rings is 1. The summed E-state index contributed by atoms with van der Waals surface area (Å²) in [6, 6.07) is 6.00. The molecule has 0 atom stereocenters. The topological polar surface area (TPSA) is 78.7 Å². The molecule has 0 aliphatic carbocycles. The Morgan fingerprint density at radius 3 is 2.04 bits per heavy atom. The SMILES string of the molecule is CCCCOP(=O)(/C=C/c1ccc([N+](=O)[O-])cc1)OCCCC. The molecule has 128 valence electrons. The molecule has 0 saturated carbocycles. The van der Waals surface area contributed by atoms with Crippen molar-refractivity contribution in [2.45, 2.75) is 39.5 Å². The molecule has 0 fully saturated rings. The Balaban J connectivity index is 2.76. The first-order chi connectivity index (χ1) is 11.0. The van der Waals surface area contributed by atoms with E-state index in [2.05, 4.69) is 0 Å². The van der Waals surface area contributed by atoms with Gasteiger partial charge in [0.15, 0.2) is 0 Å². The Bertz CT molecular complexity index is 542. The monoisotopic (exact) mass is 341 g/mol. The van der Waals surface area contributed by atoms with Crippen LogP contribution in [0.2, 0.25) is 0 Å². The van der Waals surface area contributed by atoms with Crippen molar-refractivity contribution in [3.05, 3.63) is 45.8 Å². The predicted molar refractivity (Wildman–Crippen MR) is 91.5 cm³/mol. The minimum atomic E-state index is -3.29. The summed E-state index contributed by atoms with van der Waals surface area (Å²) in [7, 11) is -3.29. The van der Waals surface area contributed by atoms with Gasteiger partial charge in [-0.3, -0.25) is 14.7 Å². The maximum absolute atomic E-state index is 12.7. The maximum atomic E-state index is 12.7. The van der Waals surface area contributed by atoms with E-state index in [4.69, 9.17) is 9.05 Å². The van der Waals surface area contributed by atoms with Gasteiger partial charge in [0.05, 0.1) is 18.1 Å². The van der Waals surface area contributed by atoms with Crippen LogP contribution in [0.4, 0.5) is 5.69 Å². The van der Waals surface area contributed by atoms with Crippen LogP contribution in [0.1, 0.15) is 45.1 Å². The normalized spacial score (nSPS) is 11.9. The molecule has 0 unspecified atom stereocenters. The number of nitrogens with zero attached hydrogens (tertiary/aromatic N) is 1. The highest BCUT2D eigenvalue weighted by atomic mass is 31.2. The first-order valence-corrected chi connectivity index (χ1v) is 9.44. The largest absolute Gasteiger partial charge is 0.354 e. The molecular formula is C16H24NO5P. The standard InChI is InChI=1S/C16H24NO5P/c1-3-5-12-21-23(20,22-13-6-4-2)14-11-15-7-9-16(10-8-15)17(18)19/h7-11,14H,3-6,12-13H2,1-2H3/b14-11+. The number of nitro benzene ring substituents is 1. The number of nitro groups is 1. The zero-order chi connectivity index (χ0) is 17.1. The lowest BCUT2D eigenvalue weighted by atomic mass is 10.2. The third-order valence-electron chi connectivity index (χ3n) is 3.09. The number of hydrogen-bond acceptors (Lipinski definition) is 5. The molecule has 0 spiro atoms. The number of hydrogen-bond donors (Lipinski definition) is 0. The predicted octanol–water partition coefficient (Wildman–Crippen LogP) is 5.39. The molecule has 1 rings (SSSR count). The van der Waals surface area contributed by atoms with Crippen molar-refractivity contribution in [1.29, 1.82) is 0 Å². The molecule has 6 nitrogen and oxygen atoms in total. The fourth-order valence-electron chi connectivity index (χ4n) is 1.68. The van der Waals surface area contributed by atoms with Crippen molar-refractivity contribution in [3.8, 4) is 0 Å². The van der Waals surface area contributed by atoms with Crippen LogP contribution in [0.5, 0.6) is 0 Å². The van der Waals surface area contributed by atoms with Gasteiger partial charge in [0.25, 0.3) is 5.69 Å². The smallest absolute Gasteiger partial charge is 0.306 e. The molecule has 23 heavy (non-hydrogen) atoms. The molecule has 0 heterocycles. The number of unbranched alkanes of at least 4 members (excludes halogenated alkanes) is 2. The summed E-state index contributed by atoms with van der Waals surface area (Å²) in [5.74, 6) is 1.43. The first kappa shape index (κ1) is 19.6. The van der Waals surface area contributed by atoms with Crippen LogP contribution in [-0.4, -0.2) is 18.1 Å². The molecule has 0 N–H and O–H groups in total. The van der Waals surface area contributed by atoms with E-state index in [9.17, 15) is 14.7 Å². The van der Waals surface area contributed by atoms with Gasteiger partial charge in [-0.15, -0.1) is 0 Å². The van der Waals surface area contributed by atoms with E-state index in [0.717, 1.165) is 25.7 Å². The van der Waals surface area contributed by atoms with Crippen LogP contribution in [0, 0.1) is 10.1 Å². The number of non-ortho nitro benzene ring substituents is 1. The molecule has 0 radical (unpaired) electrons. The van der Waals surface area contributed by atoms with Gasteiger partial charge in [0.2, 0.25) is 0 Å². The van der Waals surface area contributed by atoms with Crippen LogP contribution in [0.3, 0.4) is 0 Å². The van der Waals surface area contributed by atoms with Gasteiger partial charge >= 0.3 is 7.60 Å². The van der Waals surface area contributed by atoms with E-state index >= 15 is 0 Å². The van der Waals surface area contributed by atoms with E-state index in [-0.39, 0.29) is 5.69 Å². The molecule has 0 aliphatic heterocycles. The molecule has 0 amide bonds. The molecule has 1 aromatic rings. The lowest BCUT2D eigenvalue weighted by Crippen LogP contribution is -1.97. The fraction of sp³-hybridized carbons (Fsp3) is 0.500. The summed E-state index contributed by atoms with van der Waals surface area (Å²) in [6.45, 7) is 4.81. The average Bonchev–Trinajstić information content (AvgIpc) is 2.54. The van der Waals surface area contributed by atoms with Gasteiger partial charge in [-0.2, -0.15) is 0 Å². The van der Waals surface area contributed by atoms with Crippen molar-refractivity contribution >= 4 is 19.4 Å². The lowest BCUT2D eigenvalue weighted by molar-refractivity contribution is -0.384. The van der Waals surface area contributed by atoms with E-state index in [1.54, 1.807) is 18.2 Å². The van der Waals surface area contributed by atoms with E-state index in [1.165, 1.54) is 17.9 Å². The summed E-state index contributed by atoms with van der Waals surface area (Å²) in [4.78, 5) is 10.2. The Kier molecular flexibility index (Phi) is 8.77. The van der Waals surface area contributed by atoms with Gasteiger partial charge in [-0.05, 0) is 36.6 Å². The minimum Gasteiger partial charge on any atom is -0.306 e. The second-order valence-corrected chi connectivity index (χ2v) is 6.97. The van der Waals surface area contributed by atoms with Crippen molar-refractivity contribution in [2.24, 2.45) is 0 Å². The van der Waals surface area contributed by atoms with Crippen LogP contribution in [-0.2, 0) is 13.6 Å². The lowest BCUT2D eigenvalue weighted by Gasteiger charge is -2.15. The van der Waals surface area contributed by atoms with Gasteiger partial charge in [0.1, 0.15) is 0 Å². The highest BCUT2D eigenvalue weighted by Crippen LogP contribution is 2.50. The second-order valence-electron chi connectivity index (χ2n) is 5.08. The minimum absolute atomic E-state index is 0.0173. The Morgan fingerprint density at radius 2 is 1.61 bits per heavy atom. The molecule has 0 aromatic heterocycles. The molecular weight excluding hydrogens is 317 g/mol. The first-order valence-electron chi connectivity index (χ1n) is 7.83. The maximum Gasteiger partial charge on any atom is 0.354 e. The van der Waals surface area contributed by atoms with E-state index in [0.29, 0.717) is 18.8 Å². The van der Waals surface area contributed by atoms with Crippen molar-refractivity contribution in [3.63, 3.8) is 0 Å². The van der Waals surface area contributed by atoms with Gasteiger partial charge in [0, 0.05) is 17.9 Å². The Hall–Kier alpha value is -1.49. The molecule has 0 saturated heterocycles. The summed E-state index contributed by atoms with van der Waals surface area (Å²) >= 11 is 0. The molecule has 7 heteroatoms. The van der Waals surface area contributed by atoms with Crippen molar-refractivity contribution < 1.29 is 18.5 Å². The van der Waals surface area contributed by atoms with Crippen molar-refractivity contribution in [2.75, 3.05) is 13.2 Å². The third kappa shape index (κ3) is 7.55. The Labute approximate surface area is 137 Å². The average molecular weight is 341 g/mol. The zero-order valence-corrected chi connectivity index (χ0v) is 14.5. The van der Waals surface area contributed by atoms with E-state index in [1.807, 2.05) is 13.8 Å². The van der Waals surface area contributed by atoms with Gasteiger partial charge in [-0.25, -0.2) is 0 Å². The van der Waals surface area contributed by atoms with E-state index < -0.39 is 12.5 Å². The summed E-state index contributed by atoms with van der Waals surface area (Å²) in [5, 5.41) is 10.6. The summed E-state index contributed by atoms with van der Waals surface area (Å²) in [6.07, 6.45) is 5.13. The van der Waals surface area contributed by atoms with Crippen LogP contribution in [0.25, 0.3) is 6.08 Å². The zero-order valence-electron chi connectivity index (χ0n) is 13.6. The summed E-state index contributed by atoms with van der Waals surface area (Å²) in [5.41, 5.74) is 0.720. The van der Waals surface area contributed by atoms with Crippen molar-refractivity contribution in [1.82, 2.24) is 0 Å².